The maximum Gasteiger partial charge on any atom is 0.165 e. The number of ether oxygens (including phenoxy) is 1. The van der Waals surface area contributed by atoms with Crippen molar-refractivity contribution in [1.29, 1.82) is 0 Å². The number of methoxy groups -OCH3 is 1. The van der Waals surface area contributed by atoms with E-state index in [-0.39, 0.29) is 11.7 Å². The van der Waals surface area contributed by atoms with Gasteiger partial charge in [0, 0.05) is 5.92 Å². The van der Waals surface area contributed by atoms with Crippen LogP contribution >= 0.6 is 0 Å². The third-order valence-corrected chi connectivity index (χ3v) is 3.04. The van der Waals surface area contributed by atoms with E-state index in [9.17, 15) is 9.50 Å². The summed E-state index contributed by atoms with van der Waals surface area (Å²) in [6, 6.07) is 4.51. The van der Waals surface area contributed by atoms with Gasteiger partial charge in [-0.25, -0.2) is 4.39 Å². The molecule has 1 aromatic carbocycles. The summed E-state index contributed by atoms with van der Waals surface area (Å²) in [7, 11) is 1.41. The highest BCUT2D eigenvalue weighted by atomic mass is 19.1. The maximum absolute atomic E-state index is 13.6. The lowest BCUT2D eigenvalue weighted by atomic mass is 9.88. The second-order valence-electron chi connectivity index (χ2n) is 4.96. The molecule has 18 heavy (non-hydrogen) atoms. The lowest BCUT2D eigenvalue weighted by Crippen LogP contribution is -2.23. The Bertz CT molecular complexity index is 382. The van der Waals surface area contributed by atoms with Crippen LogP contribution in [-0.4, -0.2) is 18.8 Å². The Labute approximate surface area is 108 Å². The van der Waals surface area contributed by atoms with Crippen molar-refractivity contribution >= 4 is 0 Å². The molecule has 0 heterocycles. The van der Waals surface area contributed by atoms with E-state index in [0.717, 1.165) is 6.42 Å². The highest BCUT2D eigenvalue weighted by Gasteiger charge is 2.21. The fraction of sp³-hybridized carbons (Fsp3) is 0.571. The summed E-state index contributed by atoms with van der Waals surface area (Å²) in [6.45, 7) is 4.53. The molecule has 102 valence electrons. The van der Waals surface area contributed by atoms with Gasteiger partial charge in [0.1, 0.15) is 0 Å². The molecule has 0 aliphatic heterocycles. The molecule has 0 saturated carbocycles. The van der Waals surface area contributed by atoms with E-state index in [1.807, 2.05) is 0 Å². The van der Waals surface area contributed by atoms with Crippen molar-refractivity contribution < 1.29 is 14.2 Å². The summed E-state index contributed by atoms with van der Waals surface area (Å²) < 4.78 is 18.4. The van der Waals surface area contributed by atoms with Crippen LogP contribution in [0, 0.1) is 17.7 Å². The van der Waals surface area contributed by atoms with Crippen LogP contribution in [-0.2, 0) is 0 Å². The van der Waals surface area contributed by atoms with E-state index in [4.69, 9.17) is 10.5 Å². The van der Waals surface area contributed by atoms with Crippen LogP contribution in [0.1, 0.15) is 31.9 Å². The van der Waals surface area contributed by atoms with Crippen molar-refractivity contribution in [2.24, 2.45) is 17.6 Å². The number of hydrogen-bond acceptors (Lipinski definition) is 3. The Morgan fingerprint density at radius 1 is 1.39 bits per heavy atom. The van der Waals surface area contributed by atoms with Gasteiger partial charge in [-0.1, -0.05) is 19.9 Å². The van der Waals surface area contributed by atoms with Crippen molar-refractivity contribution in [2.75, 3.05) is 13.7 Å². The third-order valence-electron chi connectivity index (χ3n) is 3.04. The van der Waals surface area contributed by atoms with Crippen LogP contribution in [0.3, 0.4) is 0 Å². The van der Waals surface area contributed by atoms with Crippen LogP contribution in [0.15, 0.2) is 18.2 Å². The van der Waals surface area contributed by atoms with Gasteiger partial charge in [-0.15, -0.1) is 0 Å². The van der Waals surface area contributed by atoms with Crippen molar-refractivity contribution in [3.8, 4) is 5.75 Å². The molecule has 0 amide bonds. The van der Waals surface area contributed by atoms with Gasteiger partial charge in [-0.3, -0.25) is 0 Å². The second kappa shape index (κ2) is 6.71. The summed E-state index contributed by atoms with van der Waals surface area (Å²) in [5.74, 6) is 0.0996. The smallest absolute Gasteiger partial charge is 0.165 e. The topological polar surface area (TPSA) is 55.5 Å². The summed E-state index contributed by atoms with van der Waals surface area (Å²) >= 11 is 0. The first-order chi connectivity index (χ1) is 8.49. The van der Waals surface area contributed by atoms with Gasteiger partial charge in [0.25, 0.3) is 0 Å². The Morgan fingerprint density at radius 2 is 2.06 bits per heavy atom. The minimum Gasteiger partial charge on any atom is -0.494 e. The molecule has 3 N–H and O–H groups in total. The average Bonchev–Trinajstić information content (AvgIpc) is 2.34. The fourth-order valence-electron chi connectivity index (χ4n) is 2.10. The SMILES string of the molecule is COc1ccc(C(O)C(CN)CC(C)C)cc1F. The van der Waals surface area contributed by atoms with Crippen molar-refractivity contribution in [3.63, 3.8) is 0 Å². The molecule has 0 saturated heterocycles. The summed E-state index contributed by atoms with van der Waals surface area (Å²) in [4.78, 5) is 0. The molecule has 3 nitrogen and oxygen atoms in total. The van der Waals surface area contributed by atoms with Gasteiger partial charge in [0.2, 0.25) is 0 Å². The van der Waals surface area contributed by atoms with Crippen LogP contribution in [0.5, 0.6) is 5.75 Å². The number of nitrogens with two attached hydrogens (primary N) is 1. The van der Waals surface area contributed by atoms with Gasteiger partial charge in [0.05, 0.1) is 13.2 Å². The average molecular weight is 255 g/mol. The fourth-order valence-corrected chi connectivity index (χ4v) is 2.10. The molecule has 1 aromatic rings. The van der Waals surface area contributed by atoms with Crippen LogP contribution in [0.2, 0.25) is 0 Å². The Kier molecular flexibility index (Phi) is 5.56. The molecule has 0 radical (unpaired) electrons. The molecular formula is C14H22FNO2. The zero-order chi connectivity index (χ0) is 13.7. The van der Waals surface area contributed by atoms with Gasteiger partial charge < -0.3 is 15.6 Å². The first-order valence-corrected chi connectivity index (χ1v) is 6.21. The molecule has 1 rings (SSSR count). The lowest BCUT2D eigenvalue weighted by Gasteiger charge is -2.23. The first-order valence-electron chi connectivity index (χ1n) is 6.21. The van der Waals surface area contributed by atoms with Crippen LogP contribution in [0.25, 0.3) is 0 Å². The van der Waals surface area contributed by atoms with E-state index in [1.54, 1.807) is 6.07 Å². The number of aliphatic hydroxyl groups is 1. The number of aliphatic hydroxyl groups excluding tert-OH is 1. The Balaban J connectivity index is 2.87. The summed E-state index contributed by atoms with van der Waals surface area (Å²) in [6.07, 6.45) is 0.0727. The Hall–Kier alpha value is -1.13. The molecule has 0 spiro atoms. The number of benzene rings is 1. The first kappa shape index (κ1) is 14.9. The van der Waals surface area contributed by atoms with Crippen LogP contribution < -0.4 is 10.5 Å². The molecule has 2 unspecified atom stereocenters. The molecule has 0 aromatic heterocycles. The van der Waals surface area contributed by atoms with E-state index >= 15 is 0 Å². The lowest BCUT2D eigenvalue weighted by molar-refractivity contribution is 0.0991. The van der Waals surface area contributed by atoms with Crippen molar-refractivity contribution in [2.45, 2.75) is 26.4 Å². The van der Waals surface area contributed by atoms with E-state index < -0.39 is 11.9 Å². The molecular weight excluding hydrogens is 233 g/mol. The monoisotopic (exact) mass is 255 g/mol. The highest BCUT2D eigenvalue weighted by Crippen LogP contribution is 2.29. The number of rotatable bonds is 6. The van der Waals surface area contributed by atoms with E-state index in [0.29, 0.717) is 18.0 Å². The highest BCUT2D eigenvalue weighted by molar-refractivity contribution is 5.30. The predicted molar refractivity (Wildman–Crippen MR) is 69.9 cm³/mol. The van der Waals surface area contributed by atoms with Gasteiger partial charge in [0.15, 0.2) is 11.6 Å². The largest absolute Gasteiger partial charge is 0.494 e. The van der Waals surface area contributed by atoms with Crippen LogP contribution in [0.4, 0.5) is 4.39 Å². The standard InChI is InChI=1S/C14H22FNO2/c1-9(2)6-11(8-16)14(17)10-4-5-13(18-3)12(15)7-10/h4-5,7,9,11,14,17H,6,8,16H2,1-3H3. The maximum atomic E-state index is 13.6. The summed E-state index contributed by atoms with van der Waals surface area (Å²) in [5, 5.41) is 10.2. The zero-order valence-electron chi connectivity index (χ0n) is 11.2. The van der Waals surface area contributed by atoms with E-state index in [2.05, 4.69) is 13.8 Å². The zero-order valence-corrected chi connectivity index (χ0v) is 11.2. The Morgan fingerprint density at radius 3 is 2.50 bits per heavy atom. The van der Waals surface area contributed by atoms with Crippen molar-refractivity contribution in [1.82, 2.24) is 0 Å². The minimum atomic E-state index is -0.738. The third kappa shape index (κ3) is 3.68. The quantitative estimate of drug-likeness (QED) is 0.821. The normalized spacial score (nSPS) is 14.6. The number of halogens is 1. The van der Waals surface area contributed by atoms with Gasteiger partial charge in [-0.05, 0) is 36.6 Å². The molecule has 2 atom stereocenters. The molecule has 0 fully saturated rings. The molecule has 0 bridgehead atoms. The second-order valence-corrected chi connectivity index (χ2v) is 4.96. The number of hydrogen-bond donors (Lipinski definition) is 2. The molecule has 0 aliphatic carbocycles. The predicted octanol–water partition coefficient (Wildman–Crippen LogP) is 2.49. The van der Waals surface area contributed by atoms with Crippen molar-refractivity contribution in [3.05, 3.63) is 29.6 Å². The van der Waals surface area contributed by atoms with E-state index in [1.165, 1.54) is 19.2 Å². The van der Waals surface area contributed by atoms with Gasteiger partial charge in [-0.2, -0.15) is 0 Å². The summed E-state index contributed by atoms with van der Waals surface area (Å²) in [5.41, 5.74) is 6.22. The molecule has 4 heteroatoms. The van der Waals surface area contributed by atoms with Gasteiger partial charge >= 0.3 is 0 Å². The minimum absolute atomic E-state index is 0.0576. The molecule has 0 aliphatic rings.